The first kappa shape index (κ1) is 12.3. The summed E-state index contributed by atoms with van der Waals surface area (Å²) in [5.41, 5.74) is 1.05. The summed E-state index contributed by atoms with van der Waals surface area (Å²) in [4.78, 5) is 19.1. The molecule has 18 heavy (non-hydrogen) atoms. The fourth-order valence-corrected chi connectivity index (χ4v) is 1.63. The van der Waals surface area contributed by atoms with E-state index in [9.17, 15) is 4.79 Å². The number of rotatable bonds is 4. The monoisotopic (exact) mass is 262 g/mol. The van der Waals surface area contributed by atoms with Crippen LogP contribution in [0.15, 0.2) is 30.3 Å². The van der Waals surface area contributed by atoms with Gasteiger partial charge < -0.3 is 10.6 Å². The van der Waals surface area contributed by atoms with Crippen LogP contribution in [0.3, 0.4) is 0 Å². The Labute approximate surface area is 109 Å². The third-order valence-electron chi connectivity index (χ3n) is 2.28. The first-order valence-corrected chi connectivity index (χ1v) is 5.65. The van der Waals surface area contributed by atoms with Crippen LogP contribution in [-0.2, 0) is 0 Å². The average molecular weight is 263 g/mol. The van der Waals surface area contributed by atoms with Crippen LogP contribution in [0, 0.1) is 0 Å². The number of nitrogens with zero attached hydrogens (tertiary/aromatic N) is 2. The smallest absolute Gasteiger partial charge is 0.225 e. The van der Waals surface area contributed by atoms with Crippen molar-refractivity contribution in [2.24, 2.45) is 0 Å². The maximum atomic E-state index is 11.0. The highest BCUT2D eigenvalue weighted by Gasteiger charge is 2.12. The summed E-state index contributed by atoms with van der Waals surface area (Å²) in [5.74, 6) is 0.726. The van der Waals surface area contributed by atoms with Gasteiger partial charge in [-0.2, -0.15) is 4.98 Å². The van der Waals surface area contributed by atoms with Gasteiger partial charge in [-0.1, -0.05) is 29.8 Å². The number of aromatic nitrogens is 2. The van der Waals surface area contributed by atoms with Crippen LogP contribution >= 0.6 is 11.6 Å². The summed E-state index contributed by atoms with van der Waals surface area (Å²) < 4.78 is 0. The predicted molar refractivity (Wildman–Crippen MR) is 71.7 cm³/mol. The maximum absolute atomic E-state index is 11.0. The normalized spacial score (nSPS) is 9.89. The first-order valence-electron chi connectivity index (χ1n) is 5.27. The fraction of sp³-hybridized carbons (Fsp3) is 0.0833. The quantitative estimate of drug-likeness (QED) is 0.655. The number of aldehydes is 1. The molecule has 0 unspecified atom stereocenters. The summed E-state index contributed by atoms with van der Waals surface area (Å²) in [6, 6.07) is 9.39. The highest BCUT2D eigenvalue weighted by molar-refractivity contribution is 6.32. The minimum atomic E-state index is 0.114. The summed E-state index contributed by atoms with van der Waals surface area (Å²) in [5, 5.41) is 5.93. The first-order chi connectivity index (χ1) is 8.74. The average Bonchev–Trinajstić information content (AvgIpc) is 2.39. The molecular formula is C12H11ClN4O. The minimum absolute atomic E-state index is 0.114. The zero-order valence-electron chi connectivity index (χ0n) is 9.64. The zero-order chi connectivity index (χ0) is 13.0. The van der Waals surface area contributed by atoms with Crippen molar-refractivity contribution < 1.29 is 4.79 Å². The maximum Gasteiger partial charge on any atom is 0.225 e. The molecule has 0 radical (unpaired) electrons. The molecule has 0 atom stereocenters. The van der Waals surface area contributed by atoms with Gasteiger partial charge in [-0.05, 0) is 12.1 Å². The van der Waals surface area contributed by atoms with Crippen LogP contribution in [-0.4, -0.2) is 23.3 Å². The standard InChI is InChI=1S/C12H11ClN4O/c1-14-12-16-10(13)9(7-18)11(17-12)15-8-5-3-2-4-6-8/h2-7H,1H3,(H2,14,15,16,17). The summed E-state index contributed by atoms with van der Waals surface area (Å²) in [6.07, 6.45) is 0.632. The molecule has 1 aromatic heterocycles. The Balaban J connectivity index is 2.42. The van der Waals surface area contributed by atoms with Gasteiger partial charge in [0.25, 0.3) is 0 Å². The number of hydrogen-bond donors (Lipinski definition) is 2. The van der Waals surface area contributed by atoms with E-state index in [0.717, 1.165) is 5.69 Å². The largest absolute Gasteiger partial charge is 0.357 e. The molecule has 0 saturated carbocycles. The van der Waals surface area contributed by atoms with Crippen LogP contribution < -0.4 is 10.6 Å². The van der Waals surface area contributed by atoms with Crippen LogP contribution in [0.25, 0.3) is 0 Å². The van der Waals surface area contributed by atoms with Gasteiger partial charge in [-0.25, -0.2) is 4.98 Å². The van der Waals surface area contributed by atoms with E-state index in [2.05, 4.69) is 20.6 Å². The molecule has 2 rings (SSSR count). The van der Waals surface area contributed by atoms with Gasteiger partial charge >= 0.3 is 0 Å². The fourth-order valence-electron chi connectivity index (χ4n) is 1.41. The Morgan fingerprint density at radius 1 is 1.22 bits per heavy atom. The zero-order valence-corrected chi connectivity index (χ0v) is 10.4. The second kappa shape index (κ2) is 5.46. The number of halogens is 1. The van der Waals surface area contributed by atoms with Crippen molar-refractivity contribution in [3.05, 3.63) is 41.0 Å². The number of hydrogen-bond acceptors (Lipinski definition) is 5. The van der Waals surface area contributed by atoms with Gasteiger partial charge in [0.1, 0.15) is 11.0 Å². The molecule has 6 heteroatoms. The van der Waals surface area contributed by atoms with Crippen molar-refractivity contribution in [3.8, 4) is 0 Å². The lowest BCUT2D eigenvalue weighted by Gasteiger charge is -2.10. The molecule has 1 heterocycles. The third kappa shape index (κ3) is 2.57. The van der Waals surface area contributed by atoms with E-state index in [4.69, 9.17) is 11.6 Å². The Kier molecular flexibility index (Phi) is 3.74. The molecule has 2 N–H and O–H groups in total. The summed E-state index contributed by atoms with van der Waals surface area (Å²) in [7, 11) is 1.68. The summed E-state index contributed by atoms with van der Waals surface area (Å²) in [6.45, 7) is 0. The van der Waals surface area contributed by atoms with Crippen LogP contribution in [0.1, 0.15) is 10.4 Å². The molecule has 0 bridgehead atoms. The van der Waals surface area contributed by atoms with Gasteiger partial charge in [0, 0.05) is 12.7 Å². The number of carbonyl (C=O) groups excluding carboxylic acids is 1. The van der Waals surface area contributed by atoms with Gasteiger partial charge in [0.2, 0.25) is 5.95 Å². The molecule has 0 amide bonds. The molecule has 0 aliphatic rings. The molecule has 0 spiro atoms. The number of nitrogens with one attached hydrogen (secondary N) is 2. The molecule has 0 saturated heterocycles. The number of para-hydroxylation sites is 1. The second-order valence-corrected chi connectivity index (χ2v) is 3.82. The SMILES string of the molecule is CNc1nc(Cl)c(C=O)c(Nc2ccccc2)n1. The number of anilines is 3. The van der Waals surface area contributed by atoms with Gasteiger partial charge in [-0.15, -0.1) is 0 Å². The molecule has 5 nitrogen and oxygen atoms in total. The van der Waals surface area contributed by atoms with Crippen molar-refractivity contribution in [2.75, 3.05) is 17.7 Å². The number of carbonyl (C=O) groups is 1. The Bertz CT molecular complexity index is 560. The molecular weight excluding hydrogens is 252 g/mol. The van der Waals surface area contributed by atoms with Gasteiger partial charge in [0.15, 0.2) is 6.29 Å². The molecule has 0 fully saturated rings. The molecule has 1 aromatic carbocycles. The molecule has 0 aliphatic carbocycles. The van der Waals surface area contributed by atoms with E-state index in [-0.39, 0.29) is 10.7 Å². The van der Waals surface area contributed by atoms with Crippen molar-refractivity contribution >= 4 is 35.3 Å². The van der Waals surface area contributed by atoms with E-state index in [1.165, 1.54) is 0 Å². The van der Waals surface area contributed by atoms with E-state index in [1.54, 1.807) is 7.05 Å². The van der Waals surface area contributed by atoms with E-state index < -0.39 is 0 Å². The van der Waals surface area contributed by atoms with E-state index in [1.807, 2.05) is 30.3 Å². The summed E-state index contributed by atoms with van der Waals surface area (Å²) >= 11 is 5.92. The van der Waals surface area contributed by atoms with Crippen molar-refractivity contribution in [3.63, 3.8) is 0 Å². The lowest BCUT2D eigenvalue weighted by molar-refractivity contribution is 0.112. The van der Waals surface area contributed by atoms with E-state index in [0.29, 0.717) is 18.1 Å². The van der Waals surface area contributed by atoms with Crippen molar-refractivity contribution in [2.45, 2.75) is 0 Å². The second-order valence-electron chi connectivity index (χ2n) is 3.46. The van der Waals surface area contributed by atoms with Gasteiger partial charge in [-0.3, -0.25) is 4.79 Å². The van der Waals surface area contributed by atoms with Crippen LogP contribution in [0.2, 0.25) is 5.15 Å². The molecule has 0 aliphatic heterocycles. The molecule has 92 valence electrons. The minimum Gasteiger partial charge on any atom is -0.357 e. The van der Waals surface area contributed by atoms with Gasteiger partial charge in [0.05, 0.1) is 5.56 Å². The Morgan fingerprint density at radius 3 is 2.56 bits per heavy atom. The highest BCUT2D eigenvalue weighted by Crippen LogP contribution is 2.24. The highest BCUT2D eigenvalue weighted by atomic mass is 35.5. The third-order valence-corrected chi connectivity index (χ3v) is 2.57. The lowest BCUT2D eigenvalue weighted by Crippen LogP contribution is -2.05. The van der Waals surface area contributed by atoms with E-state index >= 15 is 0 Å². The van der Waals surface area contributed by atoms with Crippen molar-refractivity contribution in [1.29, 1.82) is 0 Å². The predicted octanol–water partition coefficient (Wildman–Crippen LogP) is 2.73. The lowest BCUT2D eigenvalue weighted by atomic mass is 10.3. The van der Waals surface area contributed by atoms with Crippen LogP contribution in [0.5, 0.6) is 0 Å². The Morgan fingerprint density at radius 2 is 1.94 bits per heavy atom. The van der Waals surface area contributed by atoms with Crippen LogP contribution in [0.4, 0.5) is 17.5 Å². The molecule has 2 aromatic rings. The topological polar surface area (TPSA) is 66.9 Å². The number of benzene rings is 1. The Hall–Kier alpha value is -2.14. The van der Waals surface area contributed by atoms with Crippen molar-refractivity contribution in [1.82, 2.24) is 9.97 Å².